The second-order valence-electron chi connectivity index (χ2n) is 4.86. The zero-order valence-electron chi connectivity index (χ0n) is 11.9. The average Bonchev–Trinajstić information content (AvgIpc) is 2.50. The van der Waals surface area contributed by atoms with Gasteiger partial charge in [-0.05, 0) is 6.42 Å². The third-order valence-corrected chi connectivity index (χ3v) is 3.24. The molecule has 2 N–H and O–H groups in total. The summed E-state index contributed by atoms with van der Waals surface area (Å²) in [5, 5.41) is 28.4. The zero-order valence-corrected chi connectivity index (χ0v) is 11.9. The number of hydrogen-bond donors (Lipinski definition) is 2. The molecule has 0 bridgehead atoms. The smallest absolute Gasteiger partial charge is 0.264 e. The summed E-state index contributed by atoms with van der Waals surface area (Å²) in [5.41, 5.74) is 0.0926. The first kappa shape index (κ1) is 15.0. The van der Waals surface area contributed by atoms with Crippen molar-refractivity contribution in [3.8, 4) is 11.5 Å². The standard InChI is InChI=1S/C16H18N2O3/c1-2-3-4-9-15(20)18-17-13-10-14(19)11-7-5-6-8-12(11)16(13)21/h5-8,10,19,21H,2-4,9H2,1H3. The molecule has 110 valence electrons. The first-order valence-electron chi connectivity index (χ1n) is 7.01. The monoisotopic (exact) mass is 286 g/mol. The van der Waals surface area contributed by atoms with Crippen LogP contribution in [0.2, 0.25) is 0 Å². The lowest BCUT2D eigenvalue weighted by molar-refractivity contribution is -0.118. The van der Waals surface area contributed by atoms with Crippen molar-refractivity contribution >= 4 is 22.4 Å². The van der Waals surface area contributed by atoms with E-state index in [1.165, 1.54) is 6.07 Å². The summed E-state index contributed by atoms with van der Waals surface area (Å²) in [7, 11) is 0. The molecule has 5 heteroatoms. The highest BCUT2D eigenvalue weighted by Crippen LogP contribution is 2.40. The molecule has 0 radical (unpaired) electrons. The highest BCUT2D eigenvalue weighted by atomic mass is 16.3. The predicted molar refractivity (Wildman–Crippen MR) is 80.9 cm³/mol. The minimum absolute atomic E-state index is 0.00391. The molecule has 0 spiro atoms. The fraction of sp³-hybridized carbons (Fsp3) is 0.312. The molecule has 0 aliphatic carbocycles. The number of rotatable bonds is 5. The molecule has 21 heavy (non-hydrogen) atoms. The highest BCUT2D eigenvalue weighted by Gasteiger charge is 2.10. The normalized spacial score (nSPS) is 11.3. The number of carbonyl (C=O) groups is 1. The number of fused-ring (bicyclic) bond motifs is 1. The molecule has 0 saturated heterocycles. The van der Waals surface area contributed by atoms with Gasteiger partial charge in [0.25, 0.3) is 5.91 Å². The Bertz CT molecular complexity index is 681. The van der Waals surface area contributed by atoms with Crippen LogP contribution in [0, 0.1) is 0 Å². The van der Waals surface area contributed by atoms with Crippen molar-refractivity contribution in [1.82, 2.24) is 0 Å². The van der Waals surface area contributed by atoms with Crippen LogP contribution < -0.4 is 0 Å². The van der Waals surface area contributed by atoms with Crippen LogP contribution in [0.15, 0.2) is 40.6 Å². The molecule has 5 nitrogen and oxygen atoms in total. The summed E-state index contributed by atoms with van der Waals surface area (Å²) >= 11 is 0. The topological polar surface area (TPSA) is 82.2 Å². The number of unbranched alkanes of at least 4 members (excludes halogenated alkanes) is 2. The number of phenolic OH excluding ortho intramolecular Hbond substituents is 2. The van der Waals surface area contributed by atoms with Gasteiger partial charge in [-0.2, -0.15) is 0 Å². The van der Waals surface area contributed by atoms with Crippen molar-refractivity contribution in [1.29, 1.82) is 0 Å². The maximum absolute atomic E-state index is 11.5. The molecule has 0 unspecified atom stereocenters. The number of amides is 1. The van der Waals surface area contributed by atoms with Crippen molar-refractivity contribution in [3.05, 3.63) is 30.3 Å². The Morgan fingerprint density at radius 3 is 2.57 bits per heavy atom. The van der Waals surface area contributed by atoms with E-state index >= 15 is 0 Å². The van der Waals surface area contributed by atoms with Gasteiger partial charge in [0.15, 0.2) is 5.75 Å². The van der Waals surface area contributed by atoms with Crippen LogP contribution in [0.5, 0.6) is 11.5 Å². The van der Waals surface area contributed by atoms with E-state index in [0.29, 0.717) is 17.2 Å². The molecule has 0 fully saturated rings. The van der Waals surface area contributed by atoms with E-state index in [0.717, 1.165) is 19.3 Å². The Hall–Kier alpha value is -2.43. The van der Waals surface area contributed by atoms with Crippen molar-refractivity contribution in [3.63, 3.8) is 0 Å². The minimum atomic E-state index is -0.324. The molecule has 0 saturated carbocycles. The van der Waals surface area contributed by atoms with Gasteiger partial charge in [-0.25, -0.2) is 0 Å². The van der Waals surface area contributed by atoms with Gasteiger partial charge in [-0.15, -0.1) is 10.2 Å². The first-order valence-corrected chi connectivity index (χ1v) is 7.01. The third kappa shape index (κ3) is 3.56. The fourth-order valence-corrected chi connectivity index (χ4v) is 2.09. The maximum atomic E-state index is 11.5. The Balaban J connectivity index is 2.23. The van der Waals surface area contributed by atoms with Crippen molar-refractivity contribution < 1.29 is 15.0 Å². The molecule has 2 aromatic rings. The van der Waals surface area contributed by atoms with E-state index < -0.39 is 0 Å². The summed E-state index contributed by atoms with van der Waals surface area (Å²) in [5.74, 6) is -0.417. The van der Waals surface area contributed by atoms with Crippen LogP contribution >= 0.6 is 0 Å². The summed E-state index contributed by atoms with van der Waals surface area (Å²) in [4.78, 5) is 11.5. The van der Waals surface area contributed by atoms with Crippen LogP contribution in [0.1, 0.15) is 32.6 Å². The van der Waals surface area contributed by atoms with Crippen molar-refractivity contribution in [2.45, 2.75) is 32.6 Å². The van der Waals surface area contributed by atoms with Gasteiger partial charge >= 0.3 is 0 Å². The number of phenols is 2. The van der Waals surface area contributed by atoms with E-state index in [-0.39, 0.29) is 23.1 Å². The van der Waals surface area contributed by atoms with Gasteiger partial charge in [0.2, 0.25) is 0 Å². The van der Waals surface area contributed by atoms with Crippen molar-refractivity contribution in [2.24, 2.45) is 10.2 Å². The number of hydrogen-bond acceptors (Lipinski definition) is 4. The predicted octanol–water partition coefficient (Wildman–Crippen LogP) is 4.44. The molecule has 1 amide bonds. The van der Waals surface area contributed by atoms with E-state index in [1.807, 2.05) is 0 Å². The van der Waals surface area contributed by atoms with Gasteiger partial charge in [-0.1, -0.05) is 44.0 Å². The quantitative estimate of drug-likeness (QED) is 0.484. The number of azo groups is 1. The Labute approximate surface area is 122 Å². The lowest BCUT2D eigenvalue weighted by Gasteiger charge is -2.05. The number of aromatic hydroxyl groups is 2. The van der Waals surface area contributed by atoms with E-state index in [1.54, 1.807) is 24.3 Å². The Morgan fingerprint density at radius 2 is 1.86 bits per heavy atom. The summed E-state index contributed by atoms with van der Waals surface area (Å²) in [6.07, 6.45) is 3.13. The number of carbonyl (C=O) groups excluding carboxylic acids is 1. The second-order valence-corrected chi connectivity index (χ2v) is 4.86. The first-order chi connectivity index (χ1) is 10.1. The van der Waals surface area contributed by atoms with Crippen LogP contribution in [0.25, 0.3) is 10.8 Å². The lowest BCUT2D eigenvalue weighted by atomic mass is 10.1. The molecular weight excluding hydrogens is 268 g/mol. The highest BCUT2D eigenvalue weighted by molar-refractivity contribution is 5.96. The second kappa shape index (κ2) is 6.83. The van der Waals surface area contributed by atoms with Crippen LogP contribution in [0.3, 0.4) is 0 Å². The van der Waals surface area contributed by atoms with Gasteiger partial charge in [0.1, 0.15) is 11.4 Å². The molecule has 0 atom stereocenters. The molecule has 0 aliphatic heterocycles. The Morgan fingerprint density at radius 1 is 1.14 bits per heavy atom. The average molecular weight is 286 g/mol. The molecule has 0 aromatic heterocycles. The van der Waals surface area contributed by atoms with Crippen LogP contribution in [-0.4, -0.2) is 16.1 Å². The van der Waals surface area contributed by atoms with Gasteiger partial charge < -0.3 is 10.2 Å². The molecule has 2 aromatic carbocycles. The Kier molecular flexibility index (Phi) is 4.87. The summed E-state index contributed by atoms with van der Waals surface area (Å²) in [6.45, 7) is 2.06. The van der Waals surface area contributed by atoms with Crippen LogP contribution in [-0.2, 0) is 4.79 Å². The van der Waals surface area contributed by atoms with Gasteiger partial charge in [0.05, 0.1) is 0 Å². The number of benzene rings is 2. The maximum Gasteiger partial charge on any atom is 0.264 e. The van der Waals surface area contributed by atoms with E-state index in [4.69, 9.17) is 0 Å². The van der Waals surface area contributed by atoms with Gasteiger partial charge in [0, 0.05) is 23.3 Å². The number of nitrogens with zero attached hydrogens (tertiary/aromatic N) is 2. The SMILES string of the molecule is CCCCCC(=O)N=Nc1cc(O)c2ccccc2c1O. The largest absolute Gasteiger partial charge is 0.507 e. The minimum Gasteiger partial charge on any atom is -0.507 e. The molecule has 2 rings (SSSR count). The van der Waals surface area contributed by atoms with E-state index in [9.17, 15) is 15.0 Å². The lowest BCUT2D eigenvalue weighted by Crippen LogP contribution is -1.91. The third-order valence-electron chi connectivity index (χ3n) is 3.24. The van der Waals surface area contributed by atoms with E-state index in [2.05, 4.69) is 17.2 Å². The van der Waals surface area contributed by atoms with Crippen molar-refractivity contribution in [2.75, 3.05) is 0 Å². The molecular formula is C16H18N2O3. The summed E-state index contributed by atoms with van der Waals surface area (Å²) < 4.78 is 0. The zero-order chi connectivity index (χ0) is 15.2. The fourth-order valence-electron chi connectivity index (χ4n) is 2.09. The molecule has 0 aliphatic rings. The summed E-state index contributed by atoms with van der Waals surface area (Å²) in [6, 6.07) is 8.19. The molecule has 0 heterocycles. The van der Waals surface area contributed by atoms with Crippen LogP contribution in [0.4, 0.5) is 5.69 Å². The van der Waals surface area contributed by atoms with Gasteiger partial charge in [-0.3, -0.25) is 4.79 Å².